The van der Waals surface area contributed by atoms with Crippen LogP contribution in [0.15, 0.2) is 113 Å². The van der Waals surface area contributed by atoms with Crippen LogP contribution in [-0.2, 0) is 45.0 Å². The molecule has 0 fully saturated rings. The number of rotatable bonds is 8. The fourth-order valence-corrected chi connectivity index (χ4v) is 10.9. The summed E-state index contributed by atoms with van der Waals surface area (Å²) in [6.45, 7) is 0. The highest BCUT2D eigenvalue weighted by molar-refractivity contribution is 7.86. The quantitative estimate of drug-likeness (QED) is 0.0432. The Labute approximate surface area is 343 Å². The molecule has 1 aliphatic rings. The van der Waals surface area contributed by atoms with E-state index in [-0.39, 0.29) is 54.9 Å². The standard InChI is InChI=1S/C33H26N7O16PS4/c1-40-22-4-2-16(36-38-30-26(60(51,52)53)8-14-6-18(58(45,46)47)12-20(34)28(14)32(30)41)10-24(22)57(43,44)25-11-17(3-5-23(25)40)37-39-31-27(61(54,55)56)9-15-7-19(59(48,49)50)13-21(35)29(15)33(31)42/h2-13,41-42H,34-35H2,1H3,(H,43,44)(H,45,46,47)(H,48,49,50)(H,51,52,53)(H,54,55,56). The van der Waals surface area contributed by atoms with Gasteiger partial charge in [0.15, 0.2) is 11.5 Å². The molecule has 0 atom stereocenters. The number of anilines is 4. The summed E-state index contributed by atoms with van der Waals surface area (Å²) < 4.78 is 149. The van der Waals surface area contributed by atoms with Crippen molar-refractivity contribution in [2.75, 3.05) is 23.4 Å². The van der Waals surface area contributed by atoms with Crippen molar-refractivity contribution in [1.82, 2.24) is 0 Å². The van der Waals surface area contributed by atoms with E-state index >= 15 is 0 Å². The van der Waals surface area contributed by atoms with E-state index in [1.165, 1.54) is 36.2 Å². The van der Waals surface area contributed by atoms with Gasteiger partial charge >= 0.3 is 0 Å². The number of aromatic hydroxyl groups is 2. The third-order valence-electron chi connectivity index (χ3n) is 9.28. The van der Waals surface area contributed by atoms with Crippen LogP contribution in [0.3, 0.4) is 0 Å². The molecule has 61 heavy (non-hydrogen) atoms. The SMILES string of the molecule is CN1c2ccc(N=Nc3c(S(=O)(=O)O)cc4cc(S(=O)(=O)O)cc(N)c4c3O)cc2P(=O)(O)c2cc(N=Nc3c(S(=O)(=O)O)cc4cc(S(=O)(=O)O)cc(N)c4c3O)ccc21. The Morgan fingerprint density at radius 2 is 0.902 bits per heavy atom. The van der Waals surface area contributed by atoms with Crippen molar-refractivity contribution in [3.63, 3.8) is 0 Å². The van der Waals surface area contributed by atoms with E-state index in [0.29, 0.717) is 0 Å². The van der Waals surface area contributed by atoms with Gasteiger partial charge in [-0.05, 0) is 83.6 Å². The highest BCUT2D eigenvalue weighted by Crippen LogP contribution is 2.51. The zero-order chi connectivity index (χ0) is 44.9. The molecule has 11 N–H and O–H groups in total. The Hall–Kier alpha value is -6.13. The summed E-state index contributed by atoms with van der Waals surface area (Å²) in [6.07, 6.45) is 0. The van der Waals surface area contributed by atoms with Gasteiger partial charge in [0.05, 0.1) is 43.1 Å². The van der Waals surface area contributed by atoms with Crippen LogP contribution in [0.1, 0.15) is 0 Å². The van der Waals surface area contributed by atoms with Gasteiger partial charge in [-0.1, -0.05) is 0 Å². The van der Waals surface area contributed by atoms with Crippen LogP contribution in [0.5, 0.6) is 11.5 Å². The van der Waals surface area contributed by atoms with E-state index < -0.39 is 102 Å². The number of nitrogens with zero attached hydrogens (tertiary/aromatic N) is 5. The lowest BCUT2D eigenvalue weighted by atomic mass is 10.1. The number of hydrogen-bond acceptors (Lipinski definition) is 18. The summed E-state index contributed by atoms with van der Waals surface area (Å²) in [4.78, 5) is 9.49. The van der Waals surface area contributed by atoms with E-state index in [2.05, 4.69) is 20.5 Å². The van der Waals surface area contributed by atoms with E-state index in [1.54, 1.807) is 0 Å². The van der Waals surface area contributed by atoms with Crippen molar-refractivity contribution >= 4 is 125 Å². The molecular weight excluding hydrogens is 910 g/mol. The molecule has 6 aromatic carbocycles. The molecule has 0 amide bonds. The predicted octanol–water partition coefficient (Wildman–Crippen LogP) is 4.69. The number of phenolic OH excluding ortho intramolecular Hbond substituents is 2. The van der Waals surface area contributed by atoms with Gasteiger partial charge in [-0.15, -0.1) is 10.2 Å². The second-order valence-corrected chi connectivity index (χ2v) is 20.9. The monoisotopic (exact) mass is 935 g/mol. The van der Waals surface area contributed by atoms with E-state index in [9.17, 15) is 71.6 Å². The van der Waals surface area contributed by atoms with Crippen LogP contribution in [-0.4, -0.2) is 74.0 Å². The zero-order valence-corrected chi connectivity index (χ0v) is 34.4. The van der Waals surface area contributed by atoms with Crippen molar-refractivity contribution in [2.45, 2.75) is 19.6 Å². The van der Waals surface area contributed by atoms with Crippen LogP contribution >= 0.6 is 7.37 Å². The molecule has 0 saturated carbocycles. The molecule has 1 heterocycles. The van der Waals surface area contributed by atoms with Crippen LogP contribution in [0.25, 0.3) is 21.5 Å². The summed E-state index contributed by atoms with van der Waals surface area (Å²) in [5.41, 5.74) is 9.22. The molecule has 0 unspecified atom stereocenters. The number of fused-ring (bicyclic) bond motifs is 4. The topological polar surface area (TPSA) is 400 Å². The molecule has 0 bridgehead atoms. The minimum Gasteiger partial charge on any atom is -0.505 e. The largest absolute Gasteiger partial charge is 0.505 e. The molecule has 0 aliphatic carbocycles. The number of nitrogens with two attached hydrogens (primary N) is 2. The highest BCUT2D eigenvalue weighted by Gasteiger charge is 2.37. The number of hydrogen-bond donors (Lipinski definition) is 9. The number of azo groups is 2. The van der Waals surface area contributed by atoms with Crippen molar-refractivity contribution < 1.29 is 71.6 Å². The molecule has 7 rings (SSSR count). The fraction of sp³-hybridized carbons (Fsp3) is 0.0303. The number of nitrogen functional groups attached to an aromatic ring is 2. The molecule has 1 aliphatic heterocycles. The zero-order valence-electron chi connectivity index (χ0n) is 30.2. The van der Waals surface area contributed by atoms with Crippen LogP contribution in [0, 0.1) is 0 Å². The van der Waals surface area contributed by atoms with Gasteiger partial charge in [0.1, 0.15) is 21.2 Å². The Bertz CT molecular complexity index is 3320. The first-order chi connectivity index (χ1) is 28.1. The lowest BCUT2D eigenvalue weighted by Gasteiger charge is -2.32. The van der Waals surface area contributed by atoms with Gasteiger partial charge in [0, 0.05) is 29.2 Å². The summed E-state index contributed by atoms with van der Waals surface area (Å²) in [7, 11) is -23.2. The lowest BCUT2D eigenvalue weighted by molar-refractivity contribution is 0.471. The Balaban J connectivity index is 1.29. The minimum absolute atomic E-state index is 0.190. The predicted molar refractivity (Wildman–Crippen MR) is 218 cm³/mol. The minimum atomic E-state index is -5.21. The average Bonchev–Trinajstić information content (AvgIpc) is 3.14. The third-order valence-corrected chi connectivity index (χ3v) is 14.7. The average molecular weight is 936 g/mol. The van der Waals surface area contributed by atoms with Crippen molar-refractivity contribution in [2.24, 2.45) is 20.5 Å². The lowest BCUT2D eigenvalue weighted by Crippen LogP contribution is -2.32. The van der Waals surface area contributed by atoms with Gasteiger partial charge in [-0.25, -0.2) is 0 Å². The van der Waals surface area contributed by atoms with Crippen molar-refractivity contribution in [1.29, 1.82) is 0 Å². The molecular formula is C33H26N7O16PS4. The molecule has 0 radical (unpaired) electrons. The molecule has 6 aromatic rings. The summed E-state index contributed by atoms with van der Waals surface area (Å²) in [6, 6.07) is 12.1. The van der Waals surface area contributed by atoms with Gasteiger partial charge in [-0.2, -0.15) is 43.9 Å². The maximum atomic E-state index is 14.3. The maximum absolute atomic E-state index is 14.3. The van der Waals surface area contributed by atoms with Gasteiger partial charge in [-0.3, -0.25) is 22.8 Å². The summed E-state index contributed by atoms with van der Waals surface area (Å²) >= 11 is 0. The summed E-state index contributed by atoms with van der Waals surface area (Å²) in [5.74, 6) is -1.94. The Morgan fingerprint density at radius 3 is 1.23 bits per heavy atom. The molecule has 28 heteroatoms. The molecule has 318 valence electrons. The Kier molecular flexibility index (Phi) is 10.0. The fourth-order valence-electron chi connectivity index (χ4n) is 6.54. The molecule has 0 aromatic heterocycles. The van der Waals surface area contributed by atoms with Crippen molar-refractivity contribution in [3.05, 3.63) is 72.8 Å². The van der Waals surface area contributed by atoms with Crippen molar-refractivity contribution in [3.8, 4) is 11.5 Å². The summed E-state index contributed by atoms with van der Waals surface area (Å²) in [5, 5.41) is 35.7. The van der Waals surface area contributed by atoms with Gasteiger partial charge in [0.25, 0.3) is 47.8 Å². The van der Waals surface area contributed by atoms with E-state index in [4.69, 9.17) is 11.5 Å². The number of benzene rings is 6. The first-order valence-electron chi connectivity index (χ1n) is 16.4. The van der Waals surface area contributed by atoms with Crippen LogP contribution in [0.2, 0.25) is 0 Å². The maximum Gasteiger partial charge on any atom is 0.296 e. The second-order valence-electron chi connectivity index (χ2n) is 13.1. The van der Waals surface area contributed by atoms with E-state index in [1.807, 2.05) is 0 Å². The third kappa shape index (κ3) is 7.63. The van der Waals surface area contributed by atoms with Crippen LogP contribution < -0.4 is 27.0 Å². The number of phenols is 2. The Morgan fingerprint density at radius 1 is 0.541 bits per heavy atom. The first kappa shape index (κ1) is 43.0. The second kappa shape index (κ2) is 14.2. The first-order valence-corrected chi connectivity index (χ1v) is 23.8. The molecule has 0 saturated heterocycles. The molecule has 23 nitrogen and oxygen atoms in total. The van der Waals surface area contributed by atoms with Crippen LogP contribution in [0.4, 0.5) is 45.5 Å². The van der Waals surface area contributed by atoms with Gasteiger partial charge < -0.3 is 31.5 Å². The smallest absolute Gasteiger partial charge is 0.296 e. The normalized spacial score (nSPS) is 16.1. The van der Waals surface area contributed by atoms with E-state index in [0.717, 1.165) is 48.5 Å². The molecule has 0 spiro atoms. The van der Waals surface area contributed by atoms with Gasteiger partial charge in [0.2, 0.25) is 0 Å². The highest BCUT2D eigenvalue weighted by atomic mass is 32.2.